The first kappa shape index (κ1) is 33.0. The van der Waals surface area contributed by atoms with Gasteiger partial charge < -0.3 is 19.7 Å². The number of sulfonamides is 1. The summed E-state index contributed by atoms with van der Waals surface area (Å²) in [6.07, 6.45) is 1.67. The molecule has 3 rings (SSSR count). The van der Waals surface area contributed by atoms with Crippen molar-refractivity contribution in [2.75, 3.05) is 31.6 Å². The van der Waals surface area contributed by atoms with Crippen molar-refractivity contribution in [2.24, 2.45) is 0 Å². The van der Waals surface area contributed by atoms with Crippen molar-refractivity contribution in [2.45, 2.75) is 44.2 Å². The molecule has 0 radical (unpaired) electrons. The lowest BCUT2D eigenvalue weighted by Gasteiger charge is -2.32. The van der Waals surface area contributed by atoms with Gasteiger partial charge in [-0.1, -0.05) is 60.8 Å². The van der Waals surface area contributed by atoms with Crippen LogP contribution in [0.15, 0.2) is 71.6 Å². The minimum Gasteiger partial charge on any atom is -0.493 e. The number of anilines is 1. The van der Waals surface area contributed by atoms with E-state index in [4.69, 9.17) is 32.7 Å². The number of unbranched alkanes of at least 4 members (excludes halogenated alkanes) is 1. The quantitative estimate of drug-likeness (QED) is 0.233. The molecule has 1 unspecified atom stereocenters. The van der Waals surface area contributed by atoms with Gasteiger partial charge in [-0.05, 0) is 55.3 Å². The molecule has 1 N–H and O–H groups in total. The summed E-state index contributed by atoms with van der Waals surface area (Å²) in [6.45, 7) is 3.49. The van der Waals surface area contributed by atoms with Crippen LogP contribution < -0.4 is 19.1 Å². The highest BCUT2D eigenvalue weighted by Gasteiger charge is 2.33. The number of methoxy groups -OCH3 is 2. The molecule has 3 aromatic carbocycles. The van der Waals surface area contributed by atoms with Crippen molar-refractivity contribution >= 4 is 50.7 Å². The minimum absolute atomic E-state index is 0.00285. The molecule has 0 saturated heterocycles. The average molecular weight is 637 g/mol. The molecule has 0 heterocycles. The Hall–Kier alpha value is -3.47. The first-order valence-electron chi connectivity index (χ1n) is 13.3. The Labute approximate surface area is 257 Å². The molecule has 0 fully saturated rings. The van der Waals surface area contributed by atoms with Crippen molar-refractivity contribution < 1.29 is 27.5 Å². The summed E-state index contributed by atoms with van der Waals surface area (Å²) in [4.78, 5) is 28.3. The molecule has 2 amide bonds. The van der Waals surface area contributed by atoms with Crippen molar-refractivity contribution in [1.29, 1.82) is 0 Å². The van der Waals surface area contributed by atoms with Crippen LogP contribution in [0, 0.1) is 0 Å². The average Bonchev–Trinajstić information content (AvgIpc) is 2.99. The third-order valence-corrected chi connectivity index (χ3v) is 9.11. The number of nitrogens with zero attached hydrogens (tertiary/aromatic N) is 2. The Kier molecular flexibility index (Phi) is 11.9. The Morgan fingerprint density at radius 3 is 2.24 bits per heavy atom. The van der Waals surface area contributed by atoms with Gasteiger partial charge in [-0.3, -0.25) is 13.9 Å². The molecule has 3 aromatic rings. The highest BCUT2D eigenvalue weighted by Crippen LogP contribution is 2.32. The van der Waals surface area contributed by atoms with Gasteiger partial charge in [-0.15, -0.1) is 0 Å². The van der Waals surface area contributed by atoms with Gasteiger partial charge in [0.25, 0.3) is 10.0 Å². The molecule has 0 aliphatic rings. The van der Waals surface area contributed by atoms with Crippen LogP contribution in [-0.4, -0.2) is 58.5 Å². The second-order valence-corrected chi connectivity index (χ2v) is 12.1. The zero-order chi connectivity index (χ0) is 30.9. The summed E-state index contributed by atoms with van der Waals surface area (Å²) in [5, 5.41) is 3.49. The fraction of sp³-hybridized carbons (Fsp3) is 0.333. The van der Waals surface area contributed by atoms with Crippen LogP contribution in [0.2, 0.25) is 10.0 Å². The summed E-state index contributed by atoms with van der Waals surface area (Å²) in [5.74, 6) is -0.371. The lowest BCUT2D eigenvalue weighted by atomic mass is 10.1. The molecule has 0 aliphatic heterocycles. The van der Waals surface area contributed by atoms with E-state index in [0.29, 0.717) is 27.9 Å². The van der Waals surface area contributed by atoms with Gasteiger partial charge in [0.15, 0.2) is 11.5 Å². The highest BCUT2D eigenvalue weighted by molar-refractivity contribution is 7.92. The Morgan fingerprint density at radius 2 is 1.62 bits per heavy atom. The first-order chi connectivity index (χ1) is 20.0. The third-order valence-electron chi connectivity index (χ3n) is 6.60. The van der Waals surface area contributed by atoms with Gasteiger partial charge >= 0.3 is 0 Å². The van der Waals surface area contributed by atoms with Gasteiger partial charge in [-0.25, -0.2) is 8.42 Å². The van der Waals surface area contributed by atoms with E-state index in [1.165, 1.54) is 37.3 Å². The van der Waals surface area contributed by atoms with Gasteiger partial charge in [0.05, 0.1) is 34.8 Å². The SMILES string of the molecule is CCCCNC(=O)C(C)N(Cc1ccc(Cl)c(Cl)c1)C(=O)CN(c1ccccc1)S(=O)(=O)c1ccc(OC)c(OC)c1. The zero-order valence-electron chi connectivity index (χ0n) is 24.0. The molecular formula is C30H35Cl2N3O6S. The number of amides is 2. The predicted octanol–water partition coefficient (Wildman–Crippen LogP) is 5.54. The van der Waals surface area contributed by atoms with Crippen LogP contribution in [0.3, 0.4) is 0 Å². The number of halogens is 2. The molecule has 12 heteroatoms. The lowest BCUT2D eigenvalue weighted by molar-refractivity contribution is -0.139. The standard InChI is InChI=1S/C30H35Cl2N3O6S/c1-5-6-16-33-30(37)21(2)34(19-22-12-14-25(31)26(32)17-22)29(36)20-35(23-10-8-7-9-11-23)42(38,39)24-13-15-27(40-3)28(18-24)41-4/h7-15,17-18,21H,5-6,16,19-20H2,1-4H3,(H,33,37). The second-order valence-electron chi connectivity index (χ2n) is 9.45. The van der Waals surface area contributed by atoms with Crippen molar-refractivity contribution in [3.8, 4) is 11.5 Å². The number of benzene rings is 3. The number of ether oxygens (including phenoxy) is 2. The number of hydrogen-bond acceptors (Lipinski definition) is 6. The minimum atomic E-state index is -4.28. The van der Waals surface area contributed by atoms with E-state index in [1.807, 2.05) is 6.92 Å². The van der Waals surface area contributed by atoms with E-state index in [-0.39, 0.29) is 28.8 Å². The fourth-order valence-corrected chi connectivity index (χ4v) is 5.93. The summed E-state index contributed by atoms with van der Waals surface area (Å²) in [6, 6.07) is 16.5. The maximum absolute atomic E-state index is 14.0. The molecule has 226 valence electrons. The number of rotatable bonds is 14. The van der Waals surface area contributed by atoms with E-state index in [9.17, 15) is 18.0 Å². The predicted molar refractivity (Wildman–Crippen MR) is 165 cm³/mol. The largest absolute Gasteiger partial charge is 0.493 e. The summed E-state index contributed by atoms with van der Waals surface area (Å²) < 4.78 is 39.6. The number of nitrogens with one attached hydrogen (secondary N) is 1. The number of carbonyl (C=O) groups excluding carboxylic acids is 2. The van der Waals surface area contributed by atoms with Gasteiger partial charge in [0.1, 0.15) is 12.6 Å². The van der Waals surface area contributed by atoms with Crippen molar-refractivity contribution in [1.82, 2.24) is 10.2 Å². The monoisotopic (exact) mass is 635 g/mol. The molecule has 0 aliphatic carbocycles. The van der Waals surface area contributed by atoms with Crippen LogP contribution in [0.1, 0.15) is 32.3 Å². The maximum Gasteiger partial charge on any atom is 0.264 e. The van der Waals surface area contributed by atoms with Crippen LogP contribution >= 0.6 is 23.2 Å². The molecule has 0 spiro atoms. The second kappa shape index (κ2) is 15.1. The molecule has 1 atom stereocenters. The molecule has 9 nitrogen and oxygen atoms in total. The van der Waals surface area contributed by atoms with E-state index in [1.54, 1.807) is 55.5 Å². The van der Waals surface area contributed by atoms with Gasteiger partial charge in [0.2, 0.25) is 11.8 Å². The normalized spacial score (nSPS) is 11.9. The third kappa shape index (κ3) is 8.08. The summed E-state index contributed by atoms with van der Waals surface area (Å²) in [7, 11) is -1.43. The zero-order valence-corrected chi connectivity index (χ0v) is 26.3. The van der Waals surface area contributed by atoms with Crippen LogP contribution in [-0.2, 0) is 26.2 Å². The van der Waals surface area contributed by atoms with Gasteiger partial charge in [0, 0.05) is 19.2 Å². The smallest absolute Gasteiger partial charge is 0.264 e. The molecular weight excluding hydrogens is 601 g/mol. The Morgan fingerprint density at radius 1 is 0.929 bits per heavy atom. The number of carbonyl (C=O) groups is 2. The van der Waals surface area contributed by atoms with E-state index in [0.717, 1.165) is 17.1 Å². The van der Waals surface area contributed by atoms with Crippen LogP contribution in [0.5, 0.6) is 11.5 Å². The number of para-hydroxylation sites is 1. The molecule has 42 heavy (non-hydrogen) atoms. The van der Waals surface area contributed by atoms with Gasteiger partial charge in [-0.2, -0.15) is 0 Å². The first-order valence-corrected chi connectivity index (χ1v) is 15.5. The summed E-state index contributed by atoms with van der Waals surface area (Å²) >= 11 is 12.3. The Balaban J connectivity index is 2.03. The van der Waals surface area contributed by atoms with Crippen LogP contribution in [0.4, 0.5) is 5.69 Å². The van der Waals surface area contributed by atoms with Crippen molar-refractivity contribution in [3.63, 3.8) is 0 Å². The fourth-order valence-electron chi connectivity index (χ4n) is 4.18. The highest BCUT2D eigenvalue weighted by atomic mass is 35.5. The maximum atomic E-state index is 14.0. The Bertz CT molecular complexity index is 1490. The summed E-state index contributed by atoms with van der Waals surface area (Å²) in [5.41, 5.74) is 0.898. The molecule has 0 saturated carbocycles. The molecule has 0 bridgehead atoms. The van der Waals surface area contributed by atoms with E-state index in [2.05, 4.69) is 5.32 Å². The van der Waals surface area contributed by atoms with Crippen LogP contribution in [0.25, 0.3) is 0 Å². The lowest BCUT2D eigenvalue weighted by Crippen LogP contribution is -2.51. The topological polar surface area (TPSA) is 105 Å². The van der Waals surface area contributed by atoms with E-state index >= 15 is 0 Å². The molecule has 0 aromatic heterocycles. The van der Waals surface area contributed by atoms with E-state index < -0.39 is 28.5 Å². The number of hydrogen-bond donors (Lipinski definition) is 1. The van der Waals surface area contributed by atoms with Crippen molar-refractivity contribution in [3.05, 3.63) is 82.3 Å².